The van der Waals surface area contributed by atoms with E-state index in [1.165, 1.54) is 99.4 Å². The highest BCUT2D eigenvalue weighted by Gasteiger charge is 2.52. The number of ether oxygens (including phenoxy) is 1. The van der Waals surface area contributed by atoms with Gasteiger partial charge in [-0.15, -0.1) is 0 Å². The zero-order valence-electron chi connectivity index (χ0n) is 30.7. The van der Waals surface area contributed by atoms with Gasteiger partial charge in [0, 0.05) is 16.5 Å². The van der Waals surface area contributed by atoms with Crippen molar-refractivity contribution in [1.29, 1.82) is 0 Å². The van der Waals surface area contributed by atoms with Crippen molar-refractivity contribution in [2.45, 2.75) is 24.7 Å². The molecule has 0 amide bonds. The van der Waals surface area contributed by atoms with Gasteiger partial charge in [-0.2, -0.15) is 0 Å². The lowest BCUT2D eigenvalue weighted by molar-refractivity contribution is 0.419. The molecule has 1 unspecified atom stereocenters. The first-order valence-electron chi connectivity index (χ1n) is 19.3. The van der Waals surface area contributed by atoms with Crippen LogP contribution in [-0.4, -0.2) is 0 Å². The van der Waals surface area contributed by atoms with Gasteiger partial charge in [-0.05, 0) is 107 Å². The molecule has 1 heterocycles. The Morgan fingerprint density at radius 1 is 0.364 bits per heavy atom. The molecule has 1 nitrogen and oxygen atoms in total. The Balaban J connectivity index is 1.09. The summed E-state index contributed by atoms with van der Waals surface area (Å²) >= 11 is 0. The van der Waals surface area contributed by atoms with E-state index in [0.29, 0.717) is 0 Å². The first-order chi connectivity index (χ1) is 27.0. The number of rotatable bonds is 2. The van der Waals surface area contributed by atoms with Crippen LogP contribution in [0.25, 0.3) is 66.1 Å². The second kappa shape index (κ2) is 10.9. The lowest BCUT2D eigenvalue weighted by Gasteiger charge is -2.36. The van der Waals surface area contributed by atoms with Crippen molar-refractivity contribution < 1.29 is 4.74 Å². The van der Waals surface area contributed by atoms with E-state index in [0.717, 1.165) is 11.5 Å². The predicted molar refractivity (Wildman–Crippen MR) is 227 cm³/mol. The van der Waals surface area contributed by atoms with Crippen LogP contribution in [0.5, 0.6) is 11.5 Å². The molecule has 0 fully saturated rings. The first kappa shape index (κ1) is 30.7. The quantitative estimate of drug-likeness (QED) is 0.174. The number of hydrogen-bond donors (Lipinski definition) is 0. The van der Waals surface area contributed by atoms with Crippen LogP contribution in [0.4, 0.5) is 0 Å². The lowest BCUT2D eigenvalue weighted by Crippen LogP contribution is -2.25. The fourth-order valence-corrected chi connectivity index (χ4v) is 10.7. The third kappa shape index (κ3) is 3.92. The molecule has 55 heavy (non-hydrogen) atoms. The second-order valence-electron chi connectivity index (χ2n) is 15.9. The summed E-state index contributed by atoms with van der Waals surface area (Å²) in [5.41, 5.74) is 17.5. The average Bonchev–Trinajstić information content (AvgIpc) is 3.70. The van der Waals surface area contributed by atoms with Crippen LogP contribution in [0.2, 0.25) is 0 Å². The topological polar surface area (TPSA) is 9.23 Å². The summed E-state index contributed by atoms with van der Waals surface area (Å²) in [6, 6.07) is 67.7. The fraction of sp³-hybridized carbons (Fsp3) is 0.0741. The Labute approximate surface area is 321 Å². The molecule has 0 bridgehead atoms. The molecule has 9 aromatic carbocycles. The molecule has 1 spiro atoms. The van der Waals surface area contributed by atoms with Crippen LogP contribution < -0.4 is 4.74 Å². The van der Waals surface area contributed by atoms with Gasteiger partial charge in [0.2, 0.25) is 0 Å². The molecular formula is C54H36O. The van der Waals surface area contributed by atoms with E-state index in [1.807, 2.05) is 0 Å². The third-order valence-electron chi connectivity index (χ3n) is 12.9. The Morgan fingerprint density at radius 3 is 1.78 bits per heavy atom. The van der Waals surface area contributed by atoms with Crippen LogP contribution in [0.1, 0.15) is 47.2 Å². The maximum absolute atomic E-state index is 6.57. The molecule has 12 rings (SSSR count). The minimum atomic E-state index is -0.418. The van der Waals surface area contributed by atoms with Crippen molar-refractivity contribution in [3.8, 4) is 56.0 Å². The second-order valence-corrected chi connectivity index (χ2v) is 15.9. The van der Waals surface area contributed by atoms with Crippen LogP contribution in [0, 0.1) is 0 Å². The van der Waals surface area contributed by atoms with Gasteiger partial charge in [0.1, 0.15) is 11.5 Å². The fourth-order valence-electron chi connectivity index (χ4n) is 10.7. The zero-order valence-corrected chi connectivity index (χ0v) is 30.7. The summed E-state index contributed by atoms with van der Waals surface area (Å²) in [7, 11) is 0. The van der Waals surface area contributed by atoms with Gasteiger partial charge in [-0.25, -0.2) is 0 Å². The number of para-hydroxylation sites is 1. The number of benzene rings is 9. The Hall–Kier alpha value is -6.70. The summed E-state index contributed by atoms with van der Waals surface area (Å²) in [5, 5.41) is 5.08. The van der Waals surface area contributed by atoms with E-state index in [-0.39, 0.29) is 5.41 Å². The van der Waals surface area contributed by atoms with Gasteiger partial charge >= 0.3 is 0 Å². The first-order valence-corrected chi connectivity index (χ1v) is 19.3. The molecule has 0 N–H and O–H groups in total. The normalized spacial score (nSPS) is 16.5. The Morgan fingerprint density at radius 2 is 0.945 bits per heavy atom. The molecular weight excluding hydrogens is 665 g/mol. The van der Waals surface area contributed by atoms with E-state index in [4.69, 9.17) is 4.74 Å². The minimum Gasteiger partial charge on any atom is -0.457 e. The number of hydrogen-bond acceptors (Lipinski definition) is 1. The van der Waals surface area contributed by atoms with Crippen LogP contribution >= 0.6 is 0 Å². The lowest BCUT2D eigenvalue weighted by atomic mass is 9.70. The van der Waals surface area contributed by atoms with E-state index in [9.17, 15) is 0 Å². The summed E-state index contributed by atoms with van der Waals surface area (Å²) in [6.45, 7) is 4.65. The Bertz CT molecular complexity index is 3110. The summed E-state index contributed by atoms with van der Waals surface area (Å²) < 4.78 is 6.57. The molecule has 1 heteroatoms. The molecule has 0 saturated carbocycles. The van der Waals surface area contributed by atoms with E-state index in [1.54, 1.807) is 0 Å². The highest BCUT2D eigenvalue weighted by molar-refractivity contribution is 6.08. The smallest absolute Gasteiger partial charge is 0.132 e. The van der Waals surface area contributed by atoms with Gasteiger partial charge < -0.3 is 4.74 Å². The van der Waals surface area contributed by atoms with Crippen LogP contribution in [-0.2, 0) is 10.8 Å². The van der Waals surface area contributed by atoms with Gasteiger partial charge in [-0.3, -0.25) is 0 Å². The van der Waals surface area contributed by atoms with Gasteiger partial charge in [0.25, 0.3) is 0 Å². The molecule has 258 valence electrons. The summed E-state index contributed by atoms with van der Waals surface area (Å²) in [4.78, 5) is 0. The minimum absolute atomic E-state index is 0.233. The highest BCUT2D eigenvalue weighted by atomic mass is 16.5. The zero-order chi connectivity index (χ0) is 36.5. The standard InChI is InChI=1S/C54H36O/c1-53(2)46-23-11-12-24-49(46)55-50-25-13-20-42(52(50)53)39-30-29-35(37-16-5-6-17-38(37)39)34-26-28-41-40-18-7-9-21-44(40)54(48(41)32-34)45-22-10-8-19-43(45)51-36-15-4-3-14-33(36)27-31-47(51)54/h3-32H,1-2H3. The molecule has 1 atom stereocenters. The van der Waals surface area contributed by atoms with Gasteiger partial charge in [0.05, 0.1) is 5.41 Å². The molecule has 0 radical (unpaired) electrons. The summed E-state index contributed by atoms with van der Waals surface area (Å²) in [6.07, 6.45) is 0. The van der Waals surface area contributed by atoms with Crippen molar-refractivity contribution in [2.75, 3.05) is 0 Å². The molecule has 1 aliphatic heterocycles. The van der Waals surface area contributed by atoms with E-state index < -0.39 is 5.41 Å². The molecule has 0 aromatic heterocycles. The van der Waals surface area contributed by atoms with E-state index >= 15 is 0 Å². The molecule has 2 aliphatic carbocycles. The van der Waals surface area contributed by atoms with E-state index in [2.05, 4.69) is 196 Å². The van der Waals surface area contributed by atoms with Crippen molar-refractivity contribution in [1.82, 2.24) is 0 Å². The van der Waals surface area contributed by atoms with Crippen LogP contribution in [0.3, 0.4) is 0 Å². The van der Waals surface area contributed by atoms with Gasteiger partial charge in [0.15, 0.2) is 0 Å². The maximum Gasteiger partial charge on any atom is 0.132 e. The average molecular weight is 701 g/mol. The van der Waals surface area contributed by atoms with Crippen molar-refractivity contribution in [3.05, 3.63) is 215 Å². The predicted octanol–water partition coefficient (Wildman–Crippen LogP) is 14.1. The molecule has 0 saturated heterocycles. The Kier molecular flexibility index (Phi) is 6.11. The van der Waals surface area contributed by atoms with Crippen molar-refractivity contribution >= 4 is 21.5 Å². The SMILES string of the molecule is CC1(C)c2ccccc2Oc2cccc(-c3ccc(-c4ccc5c(c4)C4(c6ccccc6-5)c5ccccc5-c5c4ccc4ccccc54)c4ccccc34)c21. The monoisotopic (exact) mass is 700 g/mol. The number of fused-ring (bicyclic) bond motifs is 15. The van der Waals surface area contributed by atoms with Crippen molar-refractivity contribution in [3.63, 3.8) is 0 Å². The molecule has 9 aromatic rings. The maximum atomic E-state index is 6.57. The van der Waals surface area contributed by atoms with Gasteiger partial charge in [-0.1, -0.05) is 178 Å². The summed E-state index contributed by atoms with van der Waals surface area (Å²) in [5.74, 6) is 1.87. The van der Waals surface area contributed by atoms with Crippen molar-refractivity contribution in [2.24, 2.45) is 0 Å². The highest BCUT2D eigenvalue weighted by Crippen LogP contribution is 2.64. The van der Waals surface area contributed by atoms with Crippen LogP contribution in [0.15, 0.2) is 182 Å². The molecule has 3 aliphatic rings. The largest absolute Gasteiger partial charge is 0.457 e. The third-order valence-corrected chi connectivity index (χ3v) is 12.9.